The van der Waals surface area contributed by atoms with E-state index in [1.54, 1.807) is 20.8 Å². The van der Waals surface area contributed by atoms with E-state index in [0.29, 0.717) is 6.42 Å². The number of rotatable bonds is 6. The molecule has 0 rings (SSSR count). The fourth-order valence-corrected chi connectivity index (χ4v) is 1.11. The van der Waals surface area contributed by atoms with Crippen molar-refractivity contribution in [3.05, 3.63) is 0 Å². The number of hydrogen-bond acceptors (Lipinski definition) is 4. The minimum atomic E-state index is -1.25. The third-order valence-electron chi connectivity index (χ3n) is 1.68. The van der Waals surface area contributed by atoms with E-state index in [1.807, 2.05) is 6.92 Å². The molecule has 0 aliphatic heterocycles. The molecule has 0 saturated carbocycles. The van der Waals surface area contributed by atoms with Crippen LogP contribution < -0.4 is 5.32 Å². The van der Waals surface area contributed by atoms with E-state index in [0.717, 1.165) is 6.42 Å². The topological polar surface area (TPSA) is 78.8 Å². The molecule has 0 aromatic carbocycles. The Morgan fingerprint density at radius 1 is 1.47 bits per heavy atom. The quantitative estimate of drug-likeness (QED) is 0.579. The summed E-state index contributed by atoms with van der Waals surface area (Å²) in [5.74, 6) is -0.978. The molecule has 90 valence electrons. The lowest BCUT2D eigenvalue weighted by molar-refractivity contribution is -0.189. The zero-order valence-electron chi connectivity index (χ0n) is 9.78. The predicted molar refractivity (Wildman–Crippen MR) is 56.3 cm³/mol. The molecule has 0 fully saturated rings. The number of aliphatic hydroxyl groups is 1. The lowest BCUT2D eigenvalue weighted by Gasteiger charge is -2.26. The van der Waals surface area contributed by atoms with Gasteiger partial charge in [0, 0.05) is 0 Å². The summed E-state index contributed by atoms with van der Waals surface area (Å²) in [7, 11) is 0. The van der Waals surface area contributed by atoms with Crippen LogP contribution in [0.1, 0.15) is 40.5 Å². The molecule has 0 aromatic heterocycles. The fraction of sp³-hybridized carbons (Fsp3) is 0.900. The average Bonchev–Trinajstić information content (AvgIpc) is 1.99. The van der Waals surface area contributed by atoms with Gasteiger partial charge >= 0.3 is 5.97 Å². The Kier molecular flexibility index (Phi) is 5.79. The van der Waals surface area contributed by atoms with Crippen LogP contribution in [-0.2, 0) is 9.53 Å². The minimum Gasteiger partial charge on any atom is -0.480 e. The minimum absolute atomic E-state index is 0.458. The molecule has 3 N–H and O–H groups in total. The lowest BCUT2D eigenvalue weighted by atomic mass is 10.2. The van der Waals surface area contributed by atoms with E-state index in [-0.39, 0.29) is 0 Å². The highest BCUT2D eigenvalue weighted by atomic mass is 16.6. The largest absolute Gasteiger partial charge is 0.480 e. The number of ether oxygens (including phenoxy) is 1. The summed E-state index contributed by atoms with van der Waals surface area (Å²) < 4.78 is 5.15. The van der Waals surface area contributed by atoms with Crippen LogP contribution in [0.3, 0.4) is 0 Å². The monoisotopic (exact) mass is 219 g/mol. The van der Waals surface area contributed by atoms with Gasteiger partial charge in [0.15, 0.2) is 0 Å². The summed E-state index contributed by atoms with van der Waals surface area (Å²) in [5, 5.41) is 20.8. The third kappa shape index (κ3) is 7.30. The first kappa shape index (κ1) is 14.3. The van der Waals surface area contributed by atoms with Gasteiger partial charge in [0.2, 0.25) is 6.41 Å². The maximum Gasteiger partial charge on any atom is 0.320 e. The number of carboxylic acids is 1. The second kappa shape index (κ2) is 6.05. The summed E-state index contributed by atoms with van der Waals surface area (Å²) in [6, 6.07) is -0.771. The Morgan fingerprint density at radius 2 is 2.00 bits per heavy atom. The Labute approximate surface area is 90.4 Å². The van der Waals surface area contributed by atoms with Gasteiger partial charge in [-0.1, -0.05) is 13.3 Å². The van der Waals surface area contributed by atoms with Crippen LogP contribution >= 0.6 is 0 Å². The summed E-state index contributed by atoms with van der Waals surface area (Å²) in [6.45, 7) is 7.24. The van der Waals surface area contributed by atoms with Crippen molar-refractivity contribution in [3.63, 3.8) is 0 Å². The van der Waals surface area contributed by atoms with Crippen LogP contribution in [0.5, 0.6) is 0 Å². The van der Waals surface area contributed by atoms with Gasteiger partial charge in [-0.25, -0.2) is 0 Å². The number of aliphatic hydroxyl groups excluding tert-OH is 1. The molecule has 0 heterocycles. The molecule has 0 bridgehead atoms. The van der Waals surface area contributed by atoms with Crippen LogP contribution in [0, 0.1) is 0 Å². The highest BCUT2D eigenvalue weighted by Crippen LogP contribution is 2.09. The van der Waals surface area contributed by atoms with E-state index >= 15 is 0 Å². The van der Waals surface area contributed by atoms with Gasteiger partial charge in [0.1, 0.15) is 6.04 Å². The van der Waals surface area contributed by atoms with Gasteiger partial charge < -0.3 is 14.9 Å². The van der Waals surface area contributed by atoms with Crippen molar-refractivity contribution in [3.8, 4) is 0 Å². The Bertz CT molecular complexity index is 200. The summed E-state index contributed by atoms with van der Waals surface area (Å²) in [6.07, 6.45) is -0.0656. The molecule has 0 aromatic rings. The molecule has 0 spiro atoms. The van der Waals surface area contributed by atoms with Gasteiger partial charge in [-0.2, -0.15) is 0 Å². The van der Waals surface area contributed by atoms with Crippen LogP contribution in [0.25, 0.3) is 0 Å². The Balaban J connectivity index is 4.11. The van der Waals surface area contributed by atoms with Gasteiger partial charge in [-0.3, -0.25) is 10.1 Å². The molecule has 5 heteroatoms. The van der Waals surface area contributed by atoms with Gasteiger partial charge in [0.25, 0.3) is 0 Å². The smallest absolute Gasteiger partial charge is 0.320 e. The van der Waals surface area contributed by atoms with Gasteiger partial charge in [-0.15, -0.1) is 0 Å². The van der Waals surface area contributed by atoms with E-state index in [9.17, 15) is 9.90 Å². The van der Waals surface area contributed by atoms with Gasteiger partial charge in [-0.05, 0) is 27.2 Å². The molecular formula is C10H21NO4. The first-order valence-corrected chi connectivity index (χ1v) is 5.11. The standard InChI is InChI=1S/C10H21NO4/c1-5-6-7(8(12)13)11-9(14)15-10(2,3)4/h7,9,11,14H,5-6H2,1-4H3,(H,12,13). The number of nitrogens with one attached hydrogen (secondary N) is 1. The van der Waals surface area contributed by atoms with E-state index in [2.05, 4.69) is 5.32 Å². The maximum atomic E-state index is 10.8. The molecule has 0 saturated heterocycles. The molecular weight excluding hydrogens is 198 g/mol. The zero-order valence-corrected chi connectivity index (χ0v) is 9.78. The summed E-state index contributed by atoms with van der Waals surface area (Å²) in [5.41, 5.74) is -0.512. The molecule has 2 unspecified atom stereocenters. The van der Waals surface area contributed by atoms with Gasteiger partial charge in [0.05, 0.1) is 5.60 Å². The predicted octanol–water partition coefficient (Wildman–Crippen LogP) is 0.920. The van der Waals surface area contributed by atoms with Crippen LogP contribution in [0.4, 0.5) is 0 Å². The lowest BCUT2D eigenvalue weighted by Crippen LogP contribution is -2.47. The third-order valence-corrected chi connectivity index (χ3v) is 1.68. The molecule has 0 aliphatic rings. The number of carboxylic acid groups (broad SMARTS) is 1. The zero-order chi connectivity index (χ0) is 12.1. The second-order valence-electron chi connectivity index (χ2n) is 4.43. The Hall–Kier alpha value is -0.650. The van der Waals surface area contributed by atoms with Crippen LogP contribution in [-0.4, -0.2) is 34.2 Å². The van der Waals surface area contributed by atoms with Crippen molar-refractivity contribution in [1.29, 1.82) is 0 Å². The summed E-state index contributed by atoms with van der Waals surface area (Å²) >= 11 is 0. The molecule has 0 amide bonds. The first-order valence-electron chi connectivity index (χ1n) is 5.11. The molecule has 2 atom stereocenters. The number of hydrogen-bond donors (Lipinski definition) is 3. The van der Waals surface area contributed by atoms with E-state index in [4.69, 9.17) is 9.84 Å². The number of carbonyl (C=O) groups is 1. The normalized spacial score (nSPS) is 16.1. The molecule has 15 heavy (non-hydrogen) atoms. The van der Waals surface area contributed by atoms with Crippen molar-refractivity contribution in [1.82, 2.24) is 5.32 Å². The van der Waals surface area contributed by atoms with Crippen molar-refractivity contribution in [2.45, 2.75) is 58.6 Å². The van der Waals surface area contributed by atoms with Crippen molar-refractivity contribution in [2.75, 3.05) is 0 Å². The first-order chi connectivity index (χ1) is 6.76. The number of aliphatic carboxylic acids is 1. The maximum absolute atomic E-state index is 10.8. The second-order valence-corrected chi connectivity index (χ2v) is 4.43. The average molecular weight is 219 g/mol. The fourth-order valence-electron chi connectivity index (χ4n) is 1.11. The van der Waals surface area contributed by atoms with Crippen molar-refractivity contribution >= 4 is 5.97 Å². The summed E-state index contributed by atoms with van der Waals surface area (Å²) in [4.78, 5) is 10.8. The molecule has 5 nitrogen and oxygen atoms in total. The SMILES string of the molecule is CCCC(NC(O)OC(C)(C)C)C(=O)O. The van der Waals surface area contributed by atoms with Crippen molar-refractivity contribution in [2.24, 2.45) is 0 Å². The van der Waals surface area contributed by atoms with E-state index < -0.39 is 24.0 Å². The highest BCUT2D eigenvalue weighted by molar-refractivity contribution is 5.73. The van der Waals surface area contributed by atoms with Crippen molar-refractivity contribution < 1.29 is 19.7 Å². The van der Waals surface area contributed by atoms with Crippen LogP contribution in [0.2, 0.25) is 0 Å². The Morgan fingerprint density at radius 3 is 2.33 bits per heavy atom. The van der Waals surface area contributed by atoms with E-state index in [1.165, 1.54) is 0 Å². The highest BCUT2D eigenvalue weighted by Gasteiger charge is 2.23. The molecule has 0 radical (unpaired) electrons. The van der Waals surface area contributed by atoms with Crippen LogP contribution in [0.15, 0.2) is 0 Å². The molecule has 0 aliphatic carbocycles.